The lowest BCUT2D eigenvalue weighted by Crippen LogP contribution is -2.17. The maximum Gasteiger partial charge on any atom is 0.418 e. The van der Waals surface area contributed by atoms with Gasteiger partial charge in [0.05, 0.1) is 26.9 Å². The average molecular weight is 335 g/mol. The van der Waals surface area contributed by atoms with Crippen molar-refractivity contribution in [2.24, 2.45) is 0 Å². The van der Waals surface area contributed by atoms with Crippen molar-refractivity contribution in [3.63, 3.8) is 0 Å². The monoisotopic (exact) mass is 334 g/mol. The Labute approximate surface area is 127 Å². The Kier molecular flexibility index (Phi) is 4.39. The molecular formula is C13H7Cl2F3N2O. The molecule has 1 N–H and O–H groups in total. The zero-order chi connectivity index (χ0) is 15.6. The molecule has 0 aliphatic rings. The molecular weight excluding hydrogens is 328 g/mol. The van der Waals surface area contributed by atoms with E-state index in [4.69, 9.17) is 23.2 Å². The summed E-state index contributed by atoms with van der Waals surface area (Å²) in [4.78, 5) is 15.7. The first kappa shape index (κ1) is 15.6. The molecule has 2 aromatic rings. The van der Waals surface area contributed by atoms with E-state index in [0.29, 0.717) is 0 Å². The Morgan fingerprint density at radius 2 is 1.86 bits per heavy atom. The van der Waals surface area contributed by atoms with Gasteiger partial charge in [-0.15, -0.1) is 0 Å². The van der Waals surface area contributed by atoms with Crippen molar-refractivity contribution >= 4 is 34.8 Å². The van der Waals surface area contributed by atoms with E-state index in [1.165, 1.54) is 18.3 Å². The molecule has 0 spiro atoms. The summed E-state index contributed by atoms with van der Waals surface area (Å²) in [7, 11) is 0. The summed E-state index contributed by atoms with van der Waals surface area (Å²) in [6, 6.07) is 4.58. The number of amides is 1. The van der Waals surface area contributed by atoms with E-state index in [-0.39, 0.29) is 15.6 Å². The van der Waals surface area contributed by atoms with Gasteiger partial charge in [0.25, 0.3) is 5.91 Å². The second kappa shape index (κ2) is 5.91. The normalized spacial score (nSPS) is 11.3. The predicted octanol–water partition coefficient (Wildman–Crippen LogP) is 4.66. The van der Waals surface area contributed by atoms with E-state index in [2.05, 4.69) is 10.3 Å². The fourth-order valence-electron chi connectivity index (χ4n) is 1.61. The van der Waals surface area contributed by atoms with E-state index in [1.807, 2.05) is 0 Å². The van der Waals surface area contributed by atoms with Crippen LogP contribution in [-0.4, -0.2) is 10.9 Å². The number of rotatable bonds is 2. The first-order valence-electron chi connectivity index (χ1n) is 5.57. The van der Waals surface area contributed by atoms with Crippen LogP contribution >= 0.6 is 23.2 Å². The minimum Gasteiger partial charge on any atom is -0.320 e. The molecule has 1 heterocycles. The molecule has 8 heteroatoms. The summed E-state index contributed by atoms with van der Waals surface area (Å²) in [6.07, 6.45) is -2.14. The van der Waals surface area contributed by atoms with E-state index in [9.17, 15) is 18.0 Å². The molecule has 110 valence electrons. The Morgan fingerprint density at radius 1 is 1.14 bits per heavy atom. The number of benzene rings is 1. The third kappa shape index (κ3) is 3.46. The lowest BCUT2D eigenvalue weighted by atomic mass is 10.1. The lowest BCUT2D eigenvalue weighted by Gasteiger charge is -2.15. The number of carbonyl (C=O) groups is 1. The standard InChI is InChI=1S/C13H7Cl2F3N2O/c14-9-4-5-19-6-7(9)12(21)20-11-8(13(16,17)18)2-1-3-10(11)15/h1-6H,(H,20,21). The summed E-state index contributed by atoms with van der Waals surface area (Å²) < 4.78 is 38.7. The SMILES string of the molecule is O=C(Nc1c(Cl)cccc1C(F)(F)F)c1cnccc1Cl. The zero-order valence-corrected chi connectivity index (χ0v) is 11.7. The number of nitrogens with zero attached hydrogens (tertiary/aromatic N) is 1. The van der Waals surface area contributed by atoms with Crippen LogP contribution in [0.1, 0.15) is 15.9 Å². The number of pyridine rings is 1. The van der Waals surface area contributed by atoms with Gasteiger partial charge in [-0.05, 0) is 18.2 Å². The Balaban J connectivity index is 2.41. The number of alkyl halides is 3. The molecule has 0 saturated heterocycles. The van der Waals surface area contributed by atoms with Gasteiger partial charge in [-0.2, -0.15) is 13.2 Å². The number of carbonyl (C=O) groups excluding carboxylic acids is 1. The molecule has 21 heavy (non-hydrogen) atoms. The van der Waals surface area contributed by atoms with Crippen LogP contribution in [-0.2, 0) is 6.18 Å². The maximum absolute atomic E-state index is 12.9. The molecule has 0 aliphatic carbocycles. The Hall–Kier alpha value is -1.79. The molecule has 1 aromatic carbocycles. The van der Waals surface area contributed by atoms with Crippen LogP contribution in [0.25, 0.3) is 0 Å². The van der Waals surface area contributed by atoms with Gasteiger partial charge in [0.15, 0.2) is 0 Å². The van der Waals surface area contributed by atoms with Gasteiger partial charge in [-0.25, -0.2) is 0 Å². The highest BCUT2D eigenvalue weighted by Gasteiger charge is 2.35. The van der Waals surface area contributed by atoms with E-state index < -0.39 is 23.3 Å². The van der Waals surface area contributed by atoms with Crippen LogP contribution in [0.15, 0.2) is 36.7 Å². The van der Waals surface area contributed by atoms with Crippen LogP contribution in [0.3, 0.4) is 0 Å². The topological polar surface area (TPSA) is 42.0 Å². The molecule has 3 nitrogen and oxygen atoms in total. The van der Waals surface area contributed by atoms with Gasteiger partial charge in [0, 0.05) is 12.4 Å². The molecule has 1 aromatic heterocycles. The van der Waals surface area contributed by atoms with Crippen LogP contribution < -0.4 is 5.32 Å². The fraction of sp³-hybridized carbons (Fsp3) is 0.0769. The number of para-hydroxylation sites is 1. The largest absolute Gasteiger partial charge is 0.418 e. The smallest absolute Gasteiger partial charge is 0.320 e. The zero-order valence-electron chi connectivity index (χ0n) is 10.2. The van der Waals surface area contributed by atoms with Gasteiger partial charge >= 0.3 is 6.18 Å². The summed E-state index contributed by atoms with van der Waals surface area (Å²) in [5, 5.41) is 1.98. The Morgan fingerprint density at radius 3 is 2.48 bits per heavy atom. The summed E-state index contributed by atoms with van der Waals surface area (Å²) in [5.74, 6) is -0.827. The molecule has 0 aliphatic heterocycles. The molecule has 0 unspecified atom stereocenters. The predicted molar refractivity (Wildman–Crippen MR) is 73.7 cm³/mol. The minimum absolute atomic E-state index is 0.0489. The number of nitrogens with one attached hydrogen (secondary N) is 1. The third-order valence-corrected chi connectivity index (χ3v) is 3.21. The van der Waals surface area contributed by atoms with Gasteiger partial charge in [-0.1, -0.05) is 29.3 Å². The first-order valence-corrected chi connectivity index (χ1v) is 6.33. The van der Waals surface area contributed by atoms with E-state index in [0.717, 1.165) is 18.3 Å². The summed E-state index contributed by atoms with van der Waals surface area (Å²) >= 11 is 11.5. The van der Waals surface area contributed by atoms with Crippen molar-refractivity contribution in [2.75, 3.05) is 5.32 Å². The van der Waals surface area contributed by atoms with Gasteiger partial charge in [0.2, 0.25) is 0 Å². The van der Waals surface area contributed by atoms with Gasteiger partial charge < -0.3 is 5.32 Å². The van der Waals surface area contributed by atoms with Gasteiger partial charge in [-0.3, -0.25) is 9.78 Å². The number of anilines is 1. The molecule has 0 fully saturated rings. The number of hydrogen-bond acceptors (Lipinski definition) is 2. The van der Waals surface area contributed by atoms with Crippen LogP contribution in [0.4, 0.5) is 18.9 Å². The fourth-order valence-corrected chi connectivity index (χ4v) is 2.03. The van der Waals surface area contributed by atoms with Crippen LogP contribution in [0.5, 0.6) is 0 Å². The van der Waals surface area contributed by atoms with Crippen LogP contribution in [0, 0.1) is 0 Å². The second-order valence-electron chi connectivity index (χ2n) is 3.97. The summed E-state index contributed by atoms with van der Waals surface area (Å²) in [5.41, 5.74) is -1.60. The van der Waals surface area contributed by atoms with Crippen molar-refractivity contribution in [3.8, 4) is 0 Å². The van der Waals surface area contributed by atoms with E-state index >= 15 is 0 Å². The maximum atomic E-state index is 12.9. The highest BCUT2D eigenvalue weighted by molar-refractivity contribution is 6.36. The minimum atomic E-state index is -4.65. The molecule has 1 amide bonds. The molecule has 2 rings (SSSR count). The van der Waals surface area contributed by atoms with Crippen molar-refractivity contribution in [1.29, 1.82) is 0 Å². The molecule has 0 bridgehead atoms. The highest BCUT2D eigenvalue weighted by atomic mass is 35.5. The summed E-state index contributed by atoms with van der Waals surface area (Å²) in [6.45, 7) is 0. The third-order valence-electron chi connectivity index (χ3n) is 2.57. The van der Waals surface area contributed by atoms with Crippen molar-refractivity contribution in [3.05, 3.63) is 57.8 Å². The van der Waals surface area contributed by atoms with E-state index in [1.54, 1.807) is 0 Å². The van der Waals surface area contributed by atoms with Gasteiger partial charge in [0.1, 0.15) is 0 Å². The molecule has 0 saturated carbocycles. The quantitative estimate of drug-likeness (QED) is 0.867. The first-order chi connectivity index (χ1) is 9.80. The lowest BCUT2D eigenvalue weighted by molar-refractivity contribution is -0.136. The molecule has 0 radical (unpaired) electrons. The van der Waals surface area contributed by atoms with Crippen LogP contribution in [0.2, 0.25) is 10.0 Å². The number of aromatic nitrogens is 1. The number of hydrogen-bond donors (Lipinski definition) is 1. The van der Waals surface area contributed by atoms with Crippen molar-refractivity contribution < 1.29 is 18.0 Å². The van der Waals surface area contributed by atoms with Crippen molar-refractivity contribution in [2.45, 2.75) is 6.18 Å². The average Bonchev–Trinajstić information content (AvgIpc) is 2.40. The van der Waals surface area contributed by atoms with Crippen molar-refractivity contribution in [1.82, 2.24) is 4.98 Å². The highest BCUT2D eigenvalue weighted by Crippen LogP contribution is 2.38. The Bertz CT molecular complexity index is 689. The second-order valence-corrected chi connectivity index (χ2v) is 4.78. The molecule has 0 atom stereocenters. The number of halogens is 5.